The molecule has 1 N–H and O–H groups in total. The van der Waals surface area contributed by atoms with Gasteiger partial charge in [0.1, 0.15) is 5.69 Å². The Morgan fingerprint density at radius 1 is 1.25 bits per heavy atom. The summed E-state index contributed by atoms with van der Waals surface area (Å²) in [4.78, 5) is 20.6. The average molecular weight is 271 g/mol. The van der Waals surface area contributed by atoms with Gasteiger partial charge in [-0.15, -0.1) is 0 Å². The van der Waals surface area contributed by atoms with E-state index in [1.165, 1.54) is 0 Å². The Morgan fingerprint density at radius 3 is 2.70 bits per heavy atom. The first-order valence-corrected chi connectivity index (χ1v) is 6.34. The minimum atomic E-state index is -0.296. The Labute approximate surface area is 118 Å². The van der Waals surface area contributed by atoms with Crippen LogP contribution in [0.1, 0.15) is 27.8 Å². The van der Waals surface area contributed by atoms with Crippen LogP contribution in [0.4, 0.5) is 0 Å². The van der Waals surface area contributed by atoms with Crippen molar-refractivity contribution in [2.24, 2.45) is 0 Å². The first kappa shape index (κ1) is 14.1. The van der Waals surface area contributed by atoms with E-state index in [4.69, 9.17) is 4.74 Å². The van der Waals surface area contributed by atoms with E-state index >= 15 is 0 Å². The van der Waals surface area contributed by atoms with E-state index in [1.54, 1.807) is 25.6 Å². The fourth-order valence-electron chi connectivity index (χ4n) is 1.90. The minimum absolute atomic E-state index is 0.226. The molecule has 2 heterocycles. The summed E-state index contributed by atoms with van der Waals surface area (Å²) in [5, 5.41) is 2.90. The predicted octanol–water partition coefficient (Wildman–Crippen LogP) is 1.90. The summed E-state index contributed by atoms with van der Waals surface area (Å²) < 4.78 is 5.15. The van der Waals surface area contributed by atoms with Crippen LogP contribution in [0.5, 0.6) is 0 Å². The zero-order valence-corrected chi connectivity index (χ0v) is 11.5. The summed E-state index contributed by atoms with van der Waals surface area (Å²) in [6, 6.07) is 8.93. The van der Waals surface area contributed by atoms with Crippen molar-refractivity contribution in [1.82, 2.24) is 15.3 Å². The molecule has 20 heavy (non-hydrogen) atoms. The SMILES string of the molecule is COC[C@H](NC(=O)c1ncccc1C)c1ccccn1. The maximum Gasteiger partial charge on any atom is 0.270 e. The predicted molar refractivity (Wildman–Crippen MR) is 75.3 cm³/mol. The topological polar surface area (TPSA) is 64.1 Å². The second-order valence-electron chi connectivity index (χ2n) is 4.40. The van der Waals surface area contributed by atoms with Crippen LogP contribution in [0.3, 0.4) is 0 Å². The molecular weight excluding hydrogens is 254 g/mol. The Kier molecular flexibility index (Phi) is 4.79. The molecular formula is C15H17N3O2. The van der Waals surface area contributed by atoms with Crippen molar-refractivity contribution in [2.45, 2.75) is 13.0 Å². The summed E-state index contributed by atoms with van der Waals surface area (Å²) in [5.41, 5.74) is 2.02. The van der Waals surface area contributed by atoms with Gasteiger partial charge in [0.25, 0.3) is 5.91 Å². The van der Waals surface area contributed by atoms with Crippen molar-refractivity contribution in [2.75, 3.05) is 13.7 Å². The number of pyridine rings is 2. The molecule has 1 amide bonds. The van der Waals surface area contributed by atoms with Crippen LogP contribution >= 0.6 is 0 Å². The first-order valence-electron chi connectivity index (χ1n) is 6.34. The fraction of sp³-hybridized carbons (Fsp3) is 0.267. The number of carbonyl (C=O) groups is 1. The molecule has 0 fully saturated rings. The molecule has 5 nitrogen and oxygen atoms in total. The van der Waals surface area contributed by atoms with Crippen molar-refractivity contribution < 1.29 is 9.53 Å². The van der Waals surface area contributed by atoms with Gasteiger partial charge in [-0.1, -0.05) is 12.1 Å². The lowest BCUT2D eigenvalue weighted by molar-refractivity contribution is 0.0888. The number of aromatic nitrogens is 2. The van der Waals surface area contributed by atoms with Crippen molar-refractivity contribution in [3.63, 3.8) is 0 Å². The molecule has 2 aromatic rings. The van der Waals surface area contributed by atoms with E-state index in [2.05, 4.69) is 15.3 Å². The number of nitrogens with one attached hydrogen (secondary N) is 1. The number of carbonyl (C=O) groups excluding carboxylic acids is 1. The van der Waals surface area contributed by atoms with Gasteiger partial charge in [0, 0.05) is 19.5 Å². The molecule has 0 aliphatic carbocycles. The highest BCUT2D eigenvalue weighted by Gasteiger charge is 2.18. The van der Waals surface area contributed by atoms with Crippen LogP contribution in [0.2, 0.25) is 0 Å². The van der Waals surface area contributed by atoms with Gasteiger partial charge >= 0.3 is 0 Å². The lowest BCUT2D eigenvalue weighted by Crippen LogP contribution is -2.32. The lowest BCUT2D eigenvalue weighted by atomic mass is 10.1. The van der Waals surface area contributed by atoms with Gasteiger partial charge in [0.2, 0.25) is 0 Å². The maximum absolute atomic E-state index is 12.3. The van der Waals surface area contributed by atoms with Crippen LogP contribution in [-0.2, 0) is 4.74 Å². The van der Waals surface area contributed by atoms with Crippen molar-refractivity contribution in [3.8, 4) is 0 Å². The molecule has 0 unspecified atom stereocenters. The number of methoxy groups -OCH3 is 1. The largest absolute Gasteiger partial charge is 0.382 e. The number of ether oxygens (including phenoxy) is 1. The Morgan fingerprint density at radius 2 is 2.05 bits per heavy atom. The van der Waals surface area contributed by atoms with E-state index in [1.807, 2.05) is 31.2 Å². The Bertz CT molecular complexity index is 572. The third kappa shape index (κ3) is 3.39. The molecule has 104 valence electrons. The second-order valence-corrected chi connectivity index (χ2v) is 4.40. The van der Waals surface area contributed by atoms with Gasteiger partial charge in [-0.2, -0.15) is 0 Å². The molecule has 0 saturated heterocycles. The molecule has 0 bridgehead atoms. The van der Waals surface area contributed by atoms with Gasteiger partial charge < -0.3 is 10.1 Å². The number of nitrogens with zero attached hydrogens (tertiary/aromatic N) is 2. The van der Waals surface area contributed by atoms with Gasteiger partial charge in [-0.25, -0.2) is 0 Å². The minimum Gasteiger partial charge on any atom is -0.382 e. The first-order chi connectivity index (χ1) is 9.72. The van der Waals surface area contributed by atoms with Crippen LogP contribution in [-0.4, -0.2) is 29.6 Å². The lowest BCUT2D eigenvalue weighted by Gasteiger charge is -2.17. The van der Waals surface area contributed by atoms with Crippen LogP contribution in [0.15, 0.2) is 42.7 Å². The summed E-state index contributed by atoms with van der Waals surface area (Å²) in [5.74, 6) is -0.226. The monoisotopic (exact) mass is 271 g/mol. The van der Waals surface area contributed by atoms with Crippen LogP contribution < -0.4 is 5.32 Å². The Balaban J connectivity index is 2.17. The molecule has 0 aliphatic heterocycles. The summed E-state index contributed by atoms with van der Waals surface area (Å²) in [6.45, 7) is 2.21. The molecule has 2 aromatic heterocycles. The van der Waals surface area contributed by atoms with Crippen molar-refractivity contribution in [3.05, 3.63) is 59.7 Å². The molecule has 0 saturated carbocycles. The molecule has 0 radical (unpaired) electrons. The van der Waals surface area contributed by atoms with Crippen LogP contribution in [0.25, 0.3) is 0 Å². The van der Waals surface area contributed by atoms with Crippen molar-refractivity contribution >= 4 is 5.91 Å². The zero-order chi connectivity index (χ0) is 14.4. The van der Waals surface area contributed by atoms with E-state index in [9.17, 15) is 4.79 Å². The van der Waals surface area contributed by atoms with Crippen LogP contribution in [0, 0.1) is 6.92 Å². The zero-order valence-electron chi connectivity index (χ0n) is 11.5. The summed E-state index contributed by atoms with van der Waals surface area (Å²) >= 11 is 0. The normalized spacial score (nSPS) is 11.9. The maximum atomic E-state index is 12.3. The van der Waals surface area contributed by atoms with E-state index in [0.29, 0.717) is 12.3 Å². The third-order valence-corrected chi connectivity index (χ3v) is 2.91. The van der Waals surface area contributed by atoms with Gasteiger partial charge in [0.05, 0.1) is 18.3 Å². The van der Waals surface area contributed by atoms with Gasteiger partial charge in [0.15, 0.2) is 0 Å². The van der Waals surface area contributed by atoms with E-state index in [-0.39, 0.29) is 11.9 Å². The number of amides is 1. The quantitative estimate of drug-likeness (QED) is 0.902. The molecule has 0 aliphatic rings. The Hall–Kier alpha value is -2.27. The van der Waals surface area contributed by atoms with E-state index < -0.39 is 0 Å². The third-order valence-electron chi connectivity index (χ3n) is 2.91. The average Bonchev–Trinajstić information content (AvgIpc) is 2.48. The molecule has 1 atom stereocenters. The molecule has 0 spiro atoms. The van der Waals surface area contributed by atoms with Crippen molar-refractivity contribution in [1.29, 1.82) is 0 Å². The highest BCUT2D eigenvalue weighted by atomic mass is 16.5. The van der Waals surface area contributed by atoms with E-state index in [0.717, 1.165) is 11.3 Å². The summed E-state index contributed by atoms with van der Waals surface area (Å²) in [6.07, 6.45) is 3.30. The number of hydrogen-bond acceptors (Lipinski definition) is 4. The highest BCUT2D eigenvalue weighted by Crippen LogP contribution is 2.12. The smallest absolute Gasteiger partial charge is 0.270 e. The number of hydrogen-bond donors (Lipinski definition) is 1. The molecule has 5 heteroatoms. The summed E-state index contributed by atoms with van der Waals surface area (Å²) in [7, 11) is 1.59. The molecule has 2 rings (SSSR count). The number of rotatable bonds is 5. The van der Waals surface area contributed by atoms with Gasteiger partial charge in [-0.05, 0) is 30.7 Å². The molecule has 0 aromatic carbocycles. The number of aryl methyl sites for hydroxylation is 1. The highest BCUT2D eigenvalue weighted by molar-refractivity contribution is 5.93. The standard InChI is InChI=1S/C15H17N3O2/c1-11-6-5-9-17-14(11)15(19)18-13(10-20-2)12-7-3-4-8-16-12/h3-9,13H,10H2,1-2H3,(H,18,19)/t13-/m0/s1. The second kappa shape index (κ2) is 6.77. The fourth-order valence-corrected chi connectivity index (χ4v) is 1.90. The van der Waals surface area contributed by atoms with Gasteiger partial charge in [-0.3, -0.25) is 14.8 Å².